The van der Waals surface area contributed by atoms with Crippen LogP contribution in [-0.4, -0.2) is 25.7 Å². The summed E-state index contributed by atoms with van der Waals surface area (Å²) in [6.07, 6.45) is 2.88. The molecule has 1 atom stereocenters. The maximum Gasteiger partial charge on any atom is 0.249 e. The molecule has 1 amide bonds. The lowest BCUT2D eigenvalue weighted by molar-refractivity contribution is -0.119. The maximum absolute atomic E-state index is 12.0. The van der Waals surface area contributed by atoms with Gasteiger partial charge in [-0.05, 0) is 19.1 Å². The molecule has 1 aromatic heterocycles. The van der Waals surface area contributed by atoms with Gasteiger partial charge in [0.25, 0.3) is 0 Å². The Morgan fingerprint density at radius 2 is 2.32 bits per heavy atom. The van der Waals surface area contributed by atoms with Gasteiger partial charge in [-0.25, -0.2) is 9.67 Å². The van der Waals surface area contributed by atoms with Crippen molar-refractivity contribution in [2.24, 2.45) is 5.73 Å². The van der Waals surface area contributed by atoms with Gasteiger partial charge in [0.15, 0.2) is 0 Å². The highest BCUT2D eigenvalue weighted by Crippen LogP contribution is 2.13. The van der Waals surface area contributed by atoms with Gasteiger partial charge < -0.3 is 11.1 Å². The first-order chi connectivity index (χ1) is 9.08. The average molecular weight is 275 g/mol. The Kier molecular flexibility index (Phi) is 3.86. The van der Waals surface area contributed by atoms with Gasteiger partial charge >= 0.3 is 0 Å². The Balaban J connectivity index is 2.11. The molecule has 0 saturated carbocycles. The van der Waals surface area contributed by atoms with Gasteiger partial charge in [0.05, 0.1) is 0 Å². The minimum atomic E-state index is -0.448. The zero-order valence-corrected chi connectivity index (χ0v) is 11.1. The summed E-state index contributed by atoms with van der Waals surface area (Å²) < 4.78 is 1.48. The van der Waals surface area contributed by atoms with Crippen molar-refractivity contribution in [2.75, 3.05) is 5.32 Å². The third-order valence-electron chi connectivity index (χ3n) is 2.63. The Morgan fingerprint density at radius 3 is 2.95 bits per heavy atom. The molecule has 0 fully saturated rings. The fraction of sp³-hybridized carbons (Fsp3) is 0.167. The van der Waals surface area contributed by atoms with Crippen LogP contribution in [0, 0.1) is 0 Å². The lowest BCUT2D eigenvalue weighted by atomic mass is 10.2. The molecule has 0 saturated heterocycles. The Labute approximate surface area is 115 Å². The van der Waals surface area contributed by atoms with Crippen LogP contribution in [0.2, 0.25) is 0 Å². The highest BCUT2D eigenvalue weighted by Gasteiger charge is 2.15. The minimum absolute atomic E-state index is 0.189. The van der Waals surface area contributed by atoms with E-state index in [1.54, 1.807) is 31.2 Å². The van der Waals surface area contributed by atoms with Crippen LogP contribution in [0.1, 0.15) is 18.5 Å². The van der Waals surface area contributed by atoms with Crippen molar-refractivity contribution in [3.05, 3.63) is 42.5 Å². The molecular formula is C12H13N5OS. The van der Waals surface area contributed by atoms with Gasteiger partial charge in [-0.2, -0.15) is 5.10 Å². The summed E-state index contributed by atoms with van der Waals surface area (Å²) in [7, 11) is 0. The molecule has 19 heavy (non-hydrogen) atoms. The molecule has 0 aliphatic carbocycles. The van der Waals surface area contributed by atoms with Crippen molar-refractivity contribution in [1.29, 1.82) is 0 Å². The van der Waals surface area contributed by atoms with Crippen molar-refractivity contribution in [3.63, 3.8) is 0 Å². The molecule has 1 aromatic carbocycles. The van der Waals surface area contributed by atoms with Crippen molar-refractivity contribution >= 4 is 28.8 Å². The monoisotopic (exact) mass is 275 g/mol. The fourth-order valence-electron chi connectivity index (χ4n) is 1.53. The SMILES string of the molecule is CC(C(=O)Nc1cccc(C(N)=S)c1)n1cncn1. The fourth-order valence-corrected chi connectivity index (χ4v) is 1.66. The predicted octanol–water partition coefficient (Wildman–Crippen LogP) is 1.11. The van der Waals surface area contributed by atoms with Gasteiger partial charge in [0.2, 0.25) is 5.91 Å². The lowest BCUT2D eigenvalue weighted by Crippen LogP contribution is -2.24. The average Bonchev–Trinajstić information content (AvgIpc) is 2.92. The Bertz CT molecular complexity index is 596. The summed E-state index contributed by atoms with van der Waals surface area (Å²) in [4.78, 5) is 16.1. The summed E-state index contributed by atoms with van der Waals surface area (Å²) >= 11 is 4.89. The highest BCUT2D eigenvalue weighted by atomic mass is 32.1. The zero-order valence-electron chi connectivity index (χ0n) is 10.3. The number of aromatic nitrogens is 3. The number of nitrogens with zero attached hydrogens (tertiary/aromatic N) is 3. The number of carbonyl (C=O) groups is 1. The van der Waals surface area contributed by atoms with Crippen LogP contribution in [-0.2, 0) is 4.79 Å². The molecule has 0 spiro atoms. The van der Waals surface area contributed by atoms with E-state index in [4.69, 9.17) is 18.0 Å². The van der Waals surface area contributed by atoms with Crippen molar-refractivity contribution < 1.29 is 4.79 Å². The number of hydrogen-bond acceptors (Lipinski definition) is 4. The number of thiocarbonyl (C=S) groups is 1. The summed E-state index contributed by atoms with van der Waals surface area (Å²) in [5, 5.41) is 6.71. The largest absolute Gasteiger partial charge is 0.389 e. The van der Waals surface area contributed by atoms with Gasteiger partial charge in [-0.3, -0.25) is 4.79 Å². The number of nitrogens with two attached hydrogens (primary N) is 1. The molecule has 98 valence electrons. The second-order valence-electron chi connectivity index (χ2n) is 3.99. The van der Waals surface area contributed by atoms with Crippen molar-refractivity contribution in [2.45, 2.75) is 13.0 Å². The predicted molar refractivity (Wildman–Crippen MR) is 75.7 cm³/mol. The summed E-state index contributed by atoms with van der Waals surface area (Å²) in [5.41, 5.74) is 6.90. The number of carbonyl (C=O) groups excluding carboxylic acids is 1. The summed E-state index contributed by atoms with van der Waals surface area (Å²) in [6, 6.07) is 6.63. The van der Waals surface area contributed by atoms with Crippen LogP contribution in [0.25, 0.3) is 0 Å². The molecule has 0 aliphatic rings. The zero-order chi connectivity index (χ0) is 13.8. The number of nitrogens with one attached hydrogen (secondary N) is 1. The molecular weight excluding hydrogens is 262 g/mol. The molecule has 0 bridgehead atoms. The van der Waals surface area contributed by atoms with Crippen LogP contribution >= 0.6 is 12.2 Å². The molecule has 3 N–H and O–H groups in total. The quantitative estimate of drug-likeness (QED) is 0.816. The van der Waals surface area contributed by atoms with E-state index >= 15 is 0 Å². The first-order valence-electron chi connectivity index (χ1n) is 5.63. The van der Waals surface area contributed by atoms with Crippen LogP contribution in [0.4, 0.5) is 5.69 Å². The molecule has 6 nitrogen and oxygen atoms in total. The third kappa shape index (κ3) is 3.14. The second-order valence-corrected chi connectivity index (χ2v) is 4.43. The number of anilines is 1. The van der Waals surface area contributed by atoms with E-state index in [9.17, 15) is 4.79 Å². The van der Waals surface area contributed by atoms with E-state index in [-0.39, 0.29) is 5.91 Å². The number of amides is 1. The minimum Gasteiger partial charge on any atom is -0.389 e. The van der Waals surface area contributed by atoms with Gasteiger partial charge in [-0.1, -0.05) is 24.4 Å². The first-order valence-corrected chi connectivity index (χ1v) is 6.03. The van der Waals surface area contributed by atoms with E-state index in [1.807, 2.05) is 0 Å². The van der Waals surface area contributed by atoms with Gasteiger partial charge in [0.1, 0.15) is 23.7 Å². The number of rotatable bonds is 4. The lowest BCUT2D eigenvalue weighted by Gasteiger charge is -2.12. The number of benzene rings is 1. The normalized spacial score (nSPS) is 11.8. The summed E-state index contributed by atoms with van der Waals surface area (Å²) in [6.45, 7) is 1.74. The molecule has 0 radical (unpaired) electrons. The van der Waals surface area contributed by atoms with Crippen molar-refractivity contribution in [3.8, 4) is 0 Å². The first kappa shape index (κ1) is 13.2. The molecule has 2 aromatic rings. The smallest absolute Gasteiger partial charge is 0.249 e. The Hall–Kier alpha value is -2.28. The van der Waals surface area contributed by atoms with Crippen LogP contribution < -0.4 is 11.1 Å². The van der Waals surface area contributed by atoms with Gasteiger partial charge in [-0.15, -0.1) is 0 Å². The third-order valence-corrected chi connectivity index (χ3v) is 2.86. The molecule has 1 unspecified atom stereocenters. The highest BCUT2D eigenvalue weighted by molar-refractivity contribution is 7.80. The molecule has 1 heterocycles. The van der Waals surface area contributed by atoms with Crippen LogP contribution in [0.3, 0.4) is 0 Å². The topological polar surface area (TPSA) is 85.8 Å². The Morgan fingerprint density at radius 1 is 1.53 bits per heavy atom. The van der Waals surface area contributed by atoms with Gasteiger partial charge in [0, 0.05) is 11.3 Å². The van der Waals surface area contributed by atoms with Crippen molar-refractivity contribution in [1.82, 2.24) is 14.8 Å². The molecule has 0 aliphatic heterocycles. The van der Waals surface area contributed by atoms with Crippen LogP contribution in [0.15, 0.2) is 36.9 Å². The van der Waals surface area contributed by atoms with Crippen LogP contribution in [0.5, 0.6) is 0 Å². The van der Waals surface area contributed by atoms with E-state index < -0.39 is 6.04 Å². The number of hydrogen-bond donors (Lipinski definition) is 2. The van der Waals surface area contributed by atoms with E-state index in [0.717, 1.165) is 0 Å². The maximum atomic E-state index is 12.0. The van der Waals surface area contributed by atoms with E-state index in [1.165, 1.54) is 17.3 Å². The molecule has 7 heteroatoms. The summed E-state index contributed by atoms with van der Waals surface area (Å²) in [5.74, 6) is -0.189. The van der Waals surface area contributed by atoms with E-state index in [2.05, 4.69) is 15.4 Å². The standard InChI is InChI=1S/C12H13N5OS/c1-8(17-7-14-6-15-17)12(18)16-10-4-2-3-9(5-10)11(13)19/h2-8H,1H3,(H2,13,19)(H,16,18). The van der Waals surface area contributed by atoms with E-state index in [0.29, 0.717) is 16.2 Å². The molecule has 2 rings (SSSR count). The second kappa shape index (κ2) is 5.57.